The molecular weight excluding hydrogens is 330 g/mol. The van der Waals surface area contributed by atoms with E-state index in [4.69, 9.17) is 4.74 Å². The summed E-state index contributed by atoms with van der Waals surface area (Å²) in [5, 5.41) is 9.73. The van der Waals surface area contributed by atoms with E-state index >= 15 is 0 Å². The predicted molar refractivity (Wildman–Crippen MR) is 101 cm³/mol. The molecule has 0 aliphatic carbocycles. The van der Waals surface area contributed by atoms with Crippen LogP contribution in [0.25, 0.3) is 0 Å². The first-order valence-corrected chi connectivity index (χ1v) is 9.44. The number of rotatable bonds is 4. The van der Waals surface area contributed by atoms with Crippen LogP contribution >= 0.6 is 0 Å². The van der Waals surface area contributed by atoms with Gasteiger partial charge in [0.25, 0.3) is 0 Å². The average Bonchev–Trinajstić information content (AvgIpc) is 3.28. The summed E-state index contributed by atoms with van der Waals surface area (Å²) >= 11 is 0. The van der Waals surface area contributed by atoms with Crippen LogP contribution in [0.5, 0.6) is 0 Å². The molecule has 3 heterocycles. The van der Waals surface area contributed by atoms with Gasteiger partial charge >= 0.3 is 0 Å². The van der Waals surface area contributed by atoms with Crippen molar-refractivity contribution < 1.29 is 9.53 Å². The Morgan fingerprint density at radius 2 is 2.19 bits per heavy atom. The minimum absolute atomic E-state index is 0.0847. The lowest BCUT2D eigenvalue weighted by molar-refractivity contribution is -0.120. The molecule has 1 aromatic carbocycles. The van der Waals surface area contributed by atoms with Gasteiger partial charge in [-0.1, -0.05) is 12.1 Å². The summed E-state index contributed by atoms with van der Waals surface area (Å²) in [6, 6.07) is 8.73. The van der Waals surface area contributed by atoms with Gasteiger partial charge in [0, 0.05) is 32.4 Å². The number of hydrogen-bond acceptors (Lipinski definition) is 4. The number of aliphatic imine (C=N–C) groups is 1. The van der Waals surface area contributed by atoms with Crippen molar-refractivity contribution >= 4 is 17.6 Å². The Bertz CT molecular complexity index is 675. The van der Waals surface area contributed by atoms with Crippen LogP contribution in [0.2, 0.25) is 0 Å². The van der Waals surface area contributed by atoms with Gasteiger partial charge < -0.3 is 25.6 Å². The summed E-state index contributed by atoms with van der Waals surface area (Å²) in [5.74, 6) is 0.907. The highest BCUT2D eigenvalue weighted by Gasteiger charge is 2.41. The van der Waals surface area contributed by atoms with E-state index in [1.807, 2.05) is 0 Å². The number of amides is 1. The highest BCUT2D eigenvalue weighted by atomic mass is 16.5. The minimum Gasteiger partial charge on any atom is -0.373 e. The van der Waals surface area contributed by atoms with E-state index in [1.54, 1.807) is 7.05 Å². The van der Waals surface area contributed by atoms with Crippen LogP contribution in [0.4, 0.5) is 5.69 Å². The molecule has 3 aliphatic rings. The zero-order valence-electron chi connectivity index (χ0n) is 15.2. The number of benzene rings is 1. The minimum atomic E-state index is 0.0847. The summed E-state index contributed by atoms with van der Waals surface area (Å²) in [6.07, 6.45) is 4.18. The molecule has 1 amide bonds. The van der Waals surface area contributed by atoms with Gasteiger partial charge in [0.15, 0.2) is 5.96 Å². The lowest BCUT2D eigenvalue weighted by atomic mass is 9.96. The number of carbonyl (C=O) groups is 1. The number of hydrogen-bond donors (Lipinski definition) is 3. The molecule has 0 radical (unpaired) electrons. The van der Waals surface area contributed by atoms with Crippen LogP contribution in [-0.4, -0.2) is 56.8 Å². The van der Waals surface area contributed by atoms with Crippen molar-refractivity contribution in [1.29, 1.82) is 0 Å². The van der Waals surface area contributed by atoms with Crippen molar-refractivity contribution in [2.75, 3.05) is 31.6 Å². The highest BCUT2D eigenvalue weighted by Crippen LogP contribution is 2.34. The molecule has 7 heteroatoms. The van der Waals surface area contributed by atoms with Crippen molar-refractivity contribution in [3.63, 3.8) is 0 Å². The Kier molecular flexibility index (Phi) is 4.97. The first kappa shape index (κ1) is 17.1. The van der Waals surface area contributed by atoms with E-state index in [0.717, 1.165) is 31.0 Å². The lowest BCUT2D eigenvalue weighted by Gasteiger charge is -2.28. The molecule has 140 valence electrons. The third kappa shape index (κ3) is 3.77. The predicted octanol–water partition coefficient (Wildman–Crippen LogP) is 0.608. The van der Waals surface area contributed by atoms with Crippen molar-refractivity contribution in [1.82, 2.24) is 16.0 Å². The Hall–Kier alpha value is -2.28. The maximum atomic E-state index is 11.5. The zero-order valence-corrected chi connectivity index (χ0v) is 15.2. The quantitative estimate of drug-likeness (QED) is 0.544. The van der Waals surface area contributed by atoms with Gasteiger partial charge in [0.05, 0.1) is 24.8 Å². The number of ether oxygens (including phenoxy) is 1. The second-order valence-electron chi connectivity index (χ2n) is 7.22. The van der Waals surface area contributed by atoms with E-state index in [0.29, 0.717) is 37.9 Å². The fourth-order valence-corrected chi connectivity index (χ4v) is 4.03. The molecule has 0 saturated carbocycles. The Morgan fingerprint density at radius 1 is 1.35 bits per heavy atom. The molecular formula is C19H27N5O2. The molecule has 2 bridgehead atoms. The maximum absolute atomic E-state index is 11.5. The topological polar surface area (TPSA) is 78.0 Å². The SMILES string of the molecule is CN=C(NCc1ccc(N2CCNC(=O)C2)cc1)NC1CC2CCC1O2. The smallest absolute Gasteiger partial charge is 0.239 e. The monoisotopic (exact) mass is 357 g/mol. The molecule has 3 saturated heterocycles. The molecule has 4 rings (SSSR count). The number of piperazine rings is 1. The fraction of sp³-hybridized carbons (Fsp3) is 0.579. The second kappa shape index (κ2) is 7.53. The van der Waals surface area contributed by atoms with Gasteiger partial charge in [-0.05, 0) is 37.0 Å². The molecule has 3 aliphatic heterocycles. The first-order valence-electron chi connectivity index (χ1n) is 9.44. The van der Waals surface area contributed by atoms with Crippen LogP contribution in [0.15, 0.2) is 29.3 Å². The fourth-order valence-electron chi connectivity index (χ4n) is 4.03. The van der Waals surface area contributed by atoms with Crippen molar-refractivity contribution in [2.45, 2.75) is 44.1 Å². The van der Waals surface area contributed by atoms with Crippen molar-refractivity contribution in [3.8, 4) is 0 Å². The van der Waals surface area contributed by atoms with Crippen LogP contribution in [-0.2, 0) is 16.1 Å². The molecule has 26 heavy (non-hydrogen) atoms. The highest BCUT2D eigenvalue weighted by molar-refractivity contribution is 5.82. The second-order valence-corrected chi connectivity index (χ2v) is 7.22. The van der Waals surface area contributed by atoms with Crippen LogP contribution < -0.4 is 20.9 Å². The Labute approximate surface area is 154 Å². The number of guanidine groups is 1. The third-order valence-corrected chi connectivity index (χ3v) is 5.45. The normalized spacial score (nSPS) is 28.2. The van der Waals surface area contributed by atoms with Crippen molar-refractivity contribution in [3.05, 3.63) is 29.8 Å². The Morgan fingerprint density at radius 3 is 2.85 bits per heavy atom. The van der Waals surface area contributed by atoms with E-state index in [1.165, 1.54) is 12.0 Å². The van der Waals surface area contributed by atoms with E-state index in [9.17, 15) is 4.79 Å². The van der Waals surface area contributed by atoms with Crippen LogP contribution in [0.3, 0.4) is 0 Å². The summed E-state index contributed by atoms with van der Waals surface area (Å²) in [7, 11) is 1.80. The molecule has 3 fully saturated rings. The standard InChI is InChI=1S/C19H27N5O2/c1-20-19(23-16-10-15-6-7-17(16)26-15)22-11-13-2-4-14(5-3-13)24-9-8-21-18(25)12-24/h2-5,15-17H,6-12H2,1H3,(H,21,25)(H2,20,22,23). The van der Waals surface area contributed by atoms with E-state index in [-0.39, 0.29) is 5.91 Å². The molecule has 7 nitrogen and oxygen atoms in total. The first-order chi connectivity index (χ1) is 12.7. The summed E-state index contributed by atoms with van der Waals surface area (Å²) in [5.41, 5.74) is 2.27. The number of carbonyl (C=O) groups excluding carboxylic acids is 1. The molecule has 1 aromatic rings. The lowest BCUT2D eigenvalue weighted by Crippen LogP contribution is -2.47. The molecule has 3 N–H and O–H groups in total. The largest absolute Gasteiger partial charge is 0.373 e. The third-order valence-electron chi connectivity index (χ3n) is 5.45. The van der Waals surface area contributed by atoms with E-state index in [2.05, 4.69) is 50.1 Å². The zero-order chi connectivity index (χ0) is 17.9. The number of nitrogens with zero attached hydrogens (tertiary/aromatic N) is 2. The van der Waals surface area contributed by atoms with E-state index < -0.39 is 0 Å². The van der Waals surface area contributed by atoms with Crippen LogP contribution in [0.1, 0.15) is 24.8 Å². The van der Waals surface area contributed by atoms with Gasteiger partial charge in [0.1, 0.15) is 0 Å². The van der Waals surface area contributed by atoms with Gasteiger partial charge in [-0.25, -0.2) is 0 Å². The van der Waals surface area contributed by atoms with Gasteiger partial charge in [-0.15, -0.1) is 0 Å². The van der Waals surface area contributed by atoms with Gasteiger partial charge in [0.2, 0.25) is 5.91 Å². The van der Waals surface area contributed by atoms with Crippen LogP contribution in [0, 0.1) is 0 Å². The van der Waals surface area contributed by atoms with Gasteiger partial charge in [-0.2, -0.15) is 0 Å². The summed E-state index contributed by atoms with van der Waals surface area (Å²) < 4.78 is 5.89. The Balaban J connectivity index is 1.29. The molecule has 0 aromatic heterocycles. The molecule has 0 spiro atoms. The van der Waals surface area contributed by atoms with Gasteiger partial charge in [-0.3, -0.25) is 9.79 Å². The number of fused-ring (bicyclic) bond motifs is 2. The number of nitrogens with one attached hydrogen (secondary N) is 3. The summed E-state index contributed by atoms with van der Waals surface area (Å²) in [4.78, 5) is 18.0. The average molecular weight is 357 g/mol. The molecule has 3 atom stereocenters. The summed E-state index contributed by atoms with van der Waals surface area (Å²) in [6.45, 7) is 2.70. The molecule has 3 unspecified atom stereocenters. The maximum Gasteiger partial charge on any atom is 0.239 e. The van der Waals surface area contributed by atoms with Crippen molar-refractivity contribution in [2.24, 2.45) is 4.99 Å². The number of anilines is 1.